The number of aromatic nitrogens is 2. The second-order valence-electron chi connectivity index (χ2n) is 5.63. The topological polar surface area (TPSA) is 46.9 Å². The predicted molar refractivity (Wildman–Crippen MR) is 71.3 cm³/mol. The fourth-order valence-electron chi connectivity index (χ4n) is 2.82. The predicted octanol–water partition coefficient (Wildman–Crippen LogP) is 2.31. The molecule has 4 nitrogen and oxygen atoms in total. The van der Waals surface area contributed by atoms with E-state index in [9.17, 15) is 4.79 Å². The second kappa shape index (κ2) is 5.55. The molecule has 1 aromatic rings. The van der Waals surface area contributed by atoms with Crippen molar-refractivity contribution in [2.75, 3.05) is 0 Å². The zero-order chi connectivity index (χ0) is 13.1. The van der Waals surface area contributed by atoms with Crippen molar-refractivity contribution >= 4 is 5.91 Å². The minimum atomic E-state index is 0.176. The van der Waals surface area contributed by atoms with E-state index in [0.717, 1.165) is 19.4 Å². The molecule has 2 atom stereocenters. The van der Waals surface area contributed by atoms with Gasteiger partial charge in [-0.15, -0.1) is 0 Å². The molecule has 2 unspecified atom stereocenters. The Morgan fingerprint density at radius 2 is 2.33 bits per heavy atom. The molecule has 1 aromatic heterocycles. The Morgan fingerprint density at radius 3 is 3.00 bits per heavy atom. The summed E-state index contributed by atoms with van der Waals surface area (Å²) in [5.74, 6) is 1.06. The lowest BCUT2D eigenvalue weighted by atomic mass is 9.91. The van der Waals surface area contributed by atoms with Crippen molar-refractivity contribution in [3.05, 3.63) is 18.2 Å². The summed E-state index contributed by atoms with van der Waals surface area (Å²) in [6, 6.07) is 0.268. The van der Waals surface area contributed by atoms with Gasteiger partial charge in [0.05, 0.1) is 6.33 Å². The Balaban J connectivity index is 2.18. The maximum atomic E-state index is 11.7. The van der Waals surface area contributed by atoms with Gasteiger partial charge < -0.3 is 9.88 Å². The lowest BCUT2D eigenvalue weighted by molar-refractivity contribution is -0.119. The van der Waals surface area contributed by atoms with Crippen molar-refractivity contribution in [3.8, 4) is 0 Å². The van der Waals surface area contributed by atoms with E-state index in [0.29, 0.717) is 12.3 Å². The van der Waals surface area contributed by atoms with Crippen LogP contribution in [0.25, 0.3) is 0 Å². The number of carbonyl (C=O) groups is 1. The van der Waals surface area contributed by atoms with Gasteiger partial charge in [0.25, 0.3) is 0 Å². The number of rotatable bonds is 5. The van der Waals surface area contributed by atoms with Crippen LogP contribution >= 0.6 is 0 Å². The summed E-state index contributed by atoms with van der Waals surface area (Å²) in [5.41, 5.74) is 1.21. The van der Waals surface area contributed by atoms with Crippen LogP contribution in [-0.4, -0.2) is 21.5 Å². The van der Waals surface area contributed by atoms with Gasteiger partial charge in [-0.1, -0.05) is 20.8 Å². The zero-order valence-corrected chi connectivity index (χ0v) is 11.5. The van der Waals surface area contributed by atoms with Crippen molar-refractivity contribution in [2.45, 2.75) is 58.5 Å². The number of hydrogen-bond acceptors (Lipinski definition) is 2. The van der Waals surface area contributed by atoms with Gasteiger partial charge in [0.2, 0.25) is 5.91 Å². The SMILES string of the molecule is CCCn1cncc1C1CC(=O)NC1CC(C)C. The van der Waals surface area contributed by atoms with Crippen LogP contribution in [0.15, 0.2) is 12.5 Å². The molecule has 1 aliphatic rings. The lowest BCUT2D eigenvalue weighted by Crippen LogP contribution is -2.30. The molecule has 2 rings (SSSR count). The van der Waals surface area contributed by atoms with Crippen molar-refractivity contribution in [3.63, 3.8) is 0 Å². The van der Waals surface area contributed by atoms with E-state index in [4.69, 9.17) is 0 Å². The highest BCUT2D eigenvalue weighted by Gasteiger charge is 2.35. The fourth-order valence-corrected chi connectivity index (χ4v) is 2.82. The van der Waals surface area contributed by atoms with Gasteiger partial charge in [-0.25, -0.2) is 4.98 Å². The van der Waals surface area contributed by atoms with Crippen molar-refractivity contribution < 1.29 is 4.79 Å². The third kappa shape index (κ3) is 2.74. The number of hydrogen-bond donors (Lipinski definition) is 1. The summed E-state index contributed by atoms with van der Waals surface area (Å²) in [6.45, 7) is 7.54. The molecule has 0 spiro atoms. The molecule has 4 heteroatoms. The maximum Gasteiger partial charge on any atom is 0.220 e. The molecule has 2 heterocycles. The molecule has 1 amide bonds. The summed E-state index contributed by atoms with van der Waals surface area (Å²) >= 11 is 0. The second-order valence-corrected chi connectivity index (χ2v) is 5.63. The van der Waals surface area contributed by atoms with E-state index in [2.05, 4.69) is 35.6 Å². The molecule has 18 heavy (non-hydrogen) atoms. The Hall–Kier alpha value is -1.32. The molecule has 100 valence electrons. The highest BCUT2D eigenvalue weighted by Crippen LogP contribution is 2.31. The van der Waals surface area contributed by atoms with Crippen LogP contribution in [0.5, 0.6) is 0 Å². The van der Waals surface area contributed by atoms with E-state index in [1.807, 2.05) is 12.5 Å². The van der Waals surface area contributed by atoms with Crippen molar-refractivity contribution in [1.82, 2.24) is 14.9 Å². The third-order valence-electron chi connectivity index (χ3n) is 3.55. The zero-order valence-electron chi connectivity index (χ0n) is 11.5. The van der Waals surface area contributed by atoms with Gasteiger partial charge in [0.1, 0.15) is 0 Å². The minimum Gasteiger partial charge on any atom is -0.353 e. The Kier molecular flexibility index (Phi) is 4.04. The minimum absolute atomic E-state index is 0.176. The molecule has 0 saturated carbocycles. The van der Waals surface area contributed by atoms with Crippen LogP contribution in [-0.2, 0) is 11.3 Å². The van der Waals surface area contributed by atoms with E-state index in [-0.39, 0.29) is 17.9 Å². The normalized spacial score (nSPS) is 23.7. The highest BCUT2D eigenvalue weighted by molar-refractivity contribution is 5.80. The number of nitrogens with one attached hydrogen (secondary N) is 1. The smallest absolute Gasteiger partial charge is 0.220 e. The van der Waals surface area contributed by atoms with E-state index in [1.165, 1.54) is 5.69 Å². The molecule has 1 N–H and O–H groups in total. The van der Waals surface area contributed by atoms with Crippen LogP contribution in [0.4, 0.5) is 0 Å². The van der Waals surface area contributed by atoms with Gasteiger partial charge in [-0.2, -0.15) is 0 Å². The van der Waals surface area contributed by atoms with Crippen LogP contribution in [0.2, 0.25) is 0 Å². The first-order valence-corrected chi connectivity index (χ1v) is 6.91. The standard InChI is InChI=1S/C14H23N3O/c1-4-5-17-9-15-8-13(17)11-7-14(18)16-12(11)6-10(2)3/h8-12H,4-7H2,1-3H3,(H,16,18). The van der Waals surface area contributed by atoms with Crippen molar-refractivity contribution in [2.24, 2.45) is 5.92 Å². The Bertz CT molecular complexity index is 411. The molecular formula is C14H23N3O. The summed E-state index contributed by atoms with van der Waals surface area (Å²) in [7, 11) is 0. The molecule has 0 aromatic carbocycles. The first-order valence-electron chi connectivity index (χ1n) is 6.91. The highest BCUT2D eigenvalue weighted by atomic mass is 16.2. The van der Waals surface area contributed by atoms with Crippen molar-refractivity contribution in [1.29, 1.82) is 0 Å². The first-order chi connectivity index (χ1) is 8.61. The van der Waals surface area contributed by atoms with E-state index < -0.39 is 0 Å². The molecule has 0 radical (unpaired) electrons. The third-order valence-corrected chi connectivity index (χ3v) is 3.55. The molecule has 0 aliphatic carbocycles. The first kappa shape index (κ1) is 13.1. The Labute approximate surface area is 109 Å². The summed E-state index contributed by atoms with van der Waals surface area (Å²) in [4.78, 5) is 15.9. The number of nitrogens with zero attached hydrogens (tertiary/aromatic N) is 2. The monoisotopic (exact) mass is 249 g/mol. The van der Waals surface area contributed by atoms with E-state index in [1.54, 1.807) is 0 Å². The van der Waals surface area contributed by atoms with Crippen LogP contribution < -0.4 is 5.32 Å². The van der Waals surface area contributed by atoms with Crippen LogP contribution in [0.3, 0.4) is 0 Å². The Morgan fingerprint density at radius 1 is 1.56 bits per heavy atom. The summed E-state index contributed by atoms with van der Waals surface area (Å²) < 4.78 is 2.19. The fraction of sp³-hybridized carbons (Fsp3) is 0.714. The maximum absolute atomic E-state index is 11.7. The summed E-state index contributed by atoms with van der Waals surface area (Å²) in [5, 5.41) is 3.11. The van der Waals surface area contributed by atoms with Gasteiger partial charge in [0, 0.05) is 36.8 Å². The van der Waals surface area contributed by atoms with Crippen LogP contribution in [0, 0.1) is 5.92 Å². The molecule has 1 fully saturated rings. The van der Waals surface area contributed by atoms with Crippen LogP contribution in [0.1, 0.15) is 51.6 Å². The molecular weight excluding hydrogens is 226 g/mol. The van der Waals surface area contributed by atoms with Gasteiger partial charge >= 0.3 is 0 Å². The molecule has 0 bridgehead atoms. The number of amides is 1. The summed E-state index contributed by atoms with van der Waals surface area (Å²) in [6.07, 6.45) is 6.54. The molecule has 1 aliphatic heterocycles. The quantitative estimate of drug-likeness (QED) is 0.870. The largest absolute Gasteiger partial charge is 0.353 e. The van der Waals surface area contributed by atoms with Gasteiger partial charge in [-0.05, 0) is 18.8 Å². The average molecular weight is 249 g/mol. The molecule has 1 saturated heterocycles. The average Bonchev–Trinajstić information content (AvgIpc) is 2.85. The number of carbonyl (C=O) groups excluding carboxylic acids is 1. The van der Waals surface area contributed by atoms with Gasteiger partial charge in [-0.3, -0.25) is 4.79 Å². The lowest BCUT2D eigenvalue weighted by Gasteiger charge is -2.21. The van der Waals surface area contributed by atoms with Gasteiger partial charge in [0.15, 0.2) is 0 Å². The number of aryl methyl sites for hydroxylation is 1. The van der Waals surface area contributed by atoms with E-state index >= 15 is 0 Å². The number of imidazole rings is 1.